The molecular formula is C15H15BrClN. The van der Waals surface area contributed by atoms with Gasteiger partial charge in [0.15, 0.2) is 0 Å². The van der Waals surface area contributed by atoms with Crippen molar-refractivity contribution in [1.82, 2.24) is 5.32 Å². The van der Waals surface area contributed by atoms with Gasteiger partial charge in [0.25, 0.3) is 0 Å². The third kappa shape index (κ3) is 3.35. The molecule has 0 aromatic heterocycles. The van der Waals surface area contributed by atoms with Crippen LogP contribution in [0.2, 0.25) is 5.02 Å². The van der Waals surface area contributed by atoms with E-state index in [2.05, 4.69) is 58.5 Å². The average Bonchev–Trinajstić information content (AvgIpc) is 2.37. The van der Waals surface area contributed by atoms with Crippen LogP contribution in [0.15, 0.2) is 53.0 Å². The summed E-state index contributed by atoms with van der Waals surface area (Å²) in [4.78, 5) is 0. The number of nitrogens with one attached hydrogen (secondary N) is 1. The zero-order chi connectivity index (χ0) is 13.0. The van der Waals surface area contributed by atoms with Gasteiger partial charge in [0.05, 0.1) is 6.04 Å². The van der Waals surface area contributed by atoms with Crippen molar-refractivity contribution in [3.05, 3.63) is 69.2 Å². The maximum absolute atomic E-state index is 6.07. The van der Waals surface area contributed by atoms with E-state index >= 15 is 0 Å². The lowest BCUT2D eigenvalue weighted by atomic mass is 9.99. The lowest BCUT2D eigenvalue weighted by molar-refractivity contribution is 0.630. The van der Waals surface area contributed by atoms with Gasteiger partial charge in [-0.25, -0.2) is 0 Å². The van der Waals surface area contributed by atoms with Gasteiger partial charge in [-0.05, 0) is 41.9 Å². The van der Waals surface area contributed by atoms with Crippen molar-refractivity contribution < 1.29 is 0 Å². The molecule has 1 nitrogen and oxygen atoms in total. The van der Waals surface area contributed by atoms with Gasteiger partial charge < -0.3 is 5.32 Å². The Kier molecular flexibility index (Phi) is 4.81. The Labute approximate surface area is 121 Å². The molecule has 1 N–H and O–H groups in total. The lowest BCUT2D eigenvalue weighted by Gasteiger charge is -2.19. The van der Waals surface area contributed by atoms with Crippen LogP contribution < -0.4 is 5.32 Å². The number of halogens is 2. The minimum Gasteiger partial charge on any atom is -0.307 e. The quantitative estimate of drug-likeness (QED) is 0.851. The summed E-state index contributed by atoms with van der Waals surface area (Å²) in [5.74, 6) is 0. The normalized spacial score (nSPS) is 12.4. The second-order valence-corrected chi connectivity index (χ2v) is 5.45. The van der Waals surface area contributed by atoms with Crippen molar-refractivity contribution in [2.45, 2.75) is 13.0 Å². The first kappa shape index (κ1) is 13.6. The van der Waals surface area contributed by atoms with E-state index in [1.54, 1.807) is 0 Å². The molecule has 0 aliphatic carbocycles. The fourth-order valence-corrected chi connectivity index (χ4v) is 2.44. The van der Waals surface area contributed by atoms with Crippen LogP contribution in [0.1, 0.15) is 24.1 Å². The van der Waals surface area contributed by atoms with Crippen LogP contribution in [0, 0.1) is 0 Å². The topological polar surface area (TPSA) is 12.0 Å². The summed E-state index contributed by atoms with van der Waals surface area (Å²) in [6.45, 7) is 3.02. The summed E-state index contributed by atoms with van der Waals surface area (Å²) >= 11 is 9.53. The largest absolute Gasteiger partial charge is 0.307 e. The fourth-order valence-electron chi connectivity index (χ4n) is 1.97. The maximum Gasteiger partial charge on any atom is 0.0577 e. The number of rotatable bonds is 4. The highest BCUT2D eigenvalue weighted by molar-refractivity contribution is 9.10. The Hall–Kier alpha value is -0.830. The Balaban J connectivity index is 2.36. The first-order chi connectivity index (χ1) is 8.70. The van der Waals surface area contributed by atoms with Crippen LogP contribution in [-0.4, -0.2) is 6.54 Å². The smallest absolute Gasteiger partial charge is 0.0577 e. The third-order valence-electron chi connectivity index (χ3n) is 2.79. The van der Waals surface area contributed by atoms with E-state index in [4.69, 9.17) is 11.6 Å². The molecule has 18 heavy (non-hydrogen) atoms. The van der Waals surface area contributed by atoms with Gasteiger partial charge in [-0.3, -0.25) is 0 Å². The van der Waals surface area contributed by atoms with E-state index in [-0.39, 0.29) is 6.04 Å². The van der Waals surface area contributed by atoms with Crippen LogP contribution in [0.5, 0.6) is 0 Å². The van der Waals surface area contributed by atoms with Crippen molar-refractivity contribution in [2.24, 2.45) is 0 Å². The molecule has 0 spiro atoms. The van der Waals surface area contributed by atoms with Crippen molar-refractivity contribution >= 4 is 27.5 Å². The molecule has 0 amide bonds. The molecule has 0 heterocycles. The molecule has 2 rings (SSSR count). The standard InChI is InChI=1S/C15H15BrClN/c1-2-18-15(11-6-8-13(16)9-7-11)12-4-3-5-14(17)10-12/h3-10,15,18H,2H2,1H3. The van der Waals surface area contributed by atoms with Crippen LogP contribution in [-0.2, 0) is 0 Å². The average molecular weight is 325 g/mol. The first-order valence-corrected chi connectivity index (χ1v) is 7.12. The van der Waals surface area contributed by atoms with Gasteiger partial charge in [-0.15, -0.1) is 0 Å². The molecule has 0 saturated heterocycles. The molecule has 0 aliphatic rings. The van der Waals surface area contributed by atoms with Crippen molar-refractivity contribution in [1.29, 1.82) is 0 Å². The van der Waals surface area contributed by atoms with Gasteiger partial charge >= 0.3 is 0 Å². The van der Waals surface area contributed by atoms with Crippen LogP contribution >= 0.6 is 27.5 Å². The van der Waals surface area contributed by atoms with Gasteiger partial charge in [0.2, 0.25) is 0 Å². The van der Waals surface area contributed by atoms with E-state index in [0.717, 1.165) is 16.0 Å². The zero-order valence-electron chi connectivity index (χ0n) is 10.2. The highest BCUT2D eigenvalue weighted by Crippen LogP contribution is 2.25. The predicted octanol–water partition coefficient (Wildman–Crippen LogP) is 4.80. The Bertz CT molecular complexity index is 510. The number of hydrogen-bond acceptors (Lipinski definition) is 1. The van der Waals surface area contributed by atoms with Gasteiger partial charge in [0.1, 0.15) is 0 Å². The van der Waals surface area contributed by atoms with Crippen molar-refractivity contribution in [3.8, 4) is 0 Å². The summed E-state index contributed by atoms with van der Waals surface area (Å²) in [5, 5.41) is 4.26. The molecule has 2 aromatic rings. The maximum atomic E-state index is 6.07. The van der Waals surface area contributed by atoms with Crippen molar-refractivity contribution in [3.63, 3.8) is 0 Å². The molecule has 0 radical (unpaired) electrons. The summed E-state index contributed by atoms with van der Waals surface area (Å²) in [5.41, 5.74) is 2.42. The Morgan fingerprint density at radius 1 is 1.11 bits per heavy atom. The number of hydrogen-bond donors (Lipinski definition) is 1. The minimum absolute atomic E-state index is 0.182. The van der Waals surface area contributed by atoms with E-state index in [1.807, 2.05) is 18.2 Å². The zero-order valence-corrected chi connectivity index (χ0v) is 12.5. The minimum atomic E-state index is 0.182. The monoisotopic (exact) mass is 323 g/mol. The van der Waals surface area contributed by atoms with E-state index in [0.29, 0.717) is 0 Å². The SMILES string of the molecule is CCNC(c1ccc(Br)cc1)c1cccc(Cl)c1. The highest BCUT2D eigenvalue weighted by Gasteiger charge is 2.12. The van der Waals surface area contributed by atoms with Gasteiger partial charge in [0, 0.05) is 9.50 Å². The van der Waals surface area contributed by atoms with E-state index in [9.17, 15) is 0 Å². The molecule has 0 bridgehead atoms. The van der Waals surface area contributed by atoms with E-state index in [1.165, 1.54) is 11.1 Å². The molecule has 2 aromatic carbocycles. The summed E-state index contributed by atoms with van der Waals surface area (Å²) in [7, 11) is 0. The van der Waals surface area contributed by atoms with Crippen LogP contribution in [0.4, 0.5) is 0 Å². The molecule has 3 heteroatoms. The molecule has 94 valence electrons. The summed E-state index contributed by atoms with van der Waals surface area (Å²) in [6, 6.07) is 16.5. The second kappa shape index (κ2) is 6.37. The van der Waals surface area contributed by atoms with Gasteiger partial charge in [-0.1, -0.05) is 58.7 Å². The fraction of sp³-hybridized carbons (Fsp3) is 0.200. The molecule has 1 atom stereocenters. The molecular weight excluding hydrogens is 310 g/mol. The molecule has 0 fully saturated rings. The Morgan fingerprint density at radius 3 is 2.44 bits per heavy atom. The molecule has 0 aliphatic heterocycles. The first-order valence-electron chi connectivity index (χ1n) is 5.95. The predicted molar refractivity (Wildman–Crippen MR) is 81.1 cm³/mol. The van der Waals surface area contributed by atoms with Crippen LogP contribution in [0.3, 0.4) is 0 Å². The van der Waals surface area contributed by atoms with Gasteiger partial charge in [-0.2, -0.15) is 0 Å². The van der Waals surface area contributed by atoms with Crippen LogP contribution in [0.25, 0.3) is 0 Å². The lowest BCUT2D eigenvalue weighted by Crippen LogP contribution is -2.21. The van der Waals surface area contributed by atoms with E-state index < -0.39 is 0 Å². The molecule has 0 saturated carbocycles. The highest BCUT2D eigenvalue weighted by atomic mass is 79.9. The number of benzene rings is 2. The Morgan fingerprint density at radius 2 is 1.83 bits per heavy atom. The summed E-state index contributed by atoms with van der Waals surface area (Å²) < 4.78 is 1.09. The summed E-state index contributed by atoms with van der Waals surface area (Å²) in [6.07, 6.45) is 0. The molecule has 1 unspecified atom stereocenters. The third-order valence-corrected chi connectivity index (χ3v) is 3.56. The second-order valence-electron chi connectivity index (χ2n) is 4.10. The van der Waals surface area contributed by atoms with Crippen molar-refractivity contribution in [2.75, 3.05) is 6.54 Å².